The quantitative estimate of drug-likeness (QED) is 0.810. The van der Waals surface area contributed by atoms with E-state index in [1.807, 2.05) is 0 Å². The molecule has 0 fully saturated rings. The minimum atomic E-state index is -0.996. The highest BCUT2D eigenvalue weighted by atomic mass is 32.2. The maximum atomic E-state index is 10.8. The molecule has 0 aromatic carbocycles. The van der Waals surface area contributed by atoms with Gasteiger partial charge in [-0.15, -0.1) is 0 Å². The predicted octanol–water partition coefficient (Wildman–Crippen LogP) is 2.04. The number of rotatable bonds is 6. The number of nitrogens with zero attached hydrogens (tertiary/aromatic N) is 2. The molecule has 0 amide bonds. The first-order valence-electron chi connectivity index (χ1n) is 5.37. The van der Waals surface area contributed by atoms with Gasteiger partial charge in [-0.05, 0) is 32.3 Å². The zero-order valence-electron chi connectivity index (χ0n) is 10.2. The van der Waals surface area contributed by atoms with Crippen molar-refractivity contribution in [1.29, 1.82) is 0 Å². The van der Waals surface area contributed by atoms with E-state index in [1.54, 1.807) is 18.7 Å². The van der Waals surface area contributed by atoms with Crippen LogP contribution in [0.3, 0.4) is 0 Å². The molecule has 6 heteroatoms. The second-order valence-corrected chi connectivity index (χ2v) is 4.81. The smallest absolute Gasteiger partial charge is 0.339 e. The minimum absolute atomic E-state index is 0.146. The van der Waals surface area contributed by atoms with Crippen molar-refractivity contribution in [3.8, 4) is 0 Å². The first kappa shape index (κ1) is 13.8. The molecule has 94 valence electrons. The summed E-state index contributed by atoms with van der Waals surface area (Å²) in [6.45, 7) is 3.73. The third-order valence-electron chi connectivity index (χ3n) is 2.34. The van der Waals surface area contributed by atoms with Crippen molar-refractivity contribution in [2.75, 3.05) is 17.3 Å². The largest absolute Gasteiger partial charge is 0.478 e. The number of hydrogen-bond donors (Lipinski definition) is 2. The molecule has 1 unspecified atom stereocenters. The van der Waals surface area contributed by atoms with E-state index in [2.05, 4.69) is 28.5 Å². The van der Waals surface area contributed by atoms with Crippen molar-refractivity contribution in [1.82, 2.24) is 9.97 Å². The van der Waals surface area contributed by atoms with E-state index >= 15 is 0 Å². The average Bonchev–Trinajstić information content (AvgIpc) is 2.26. The molecule has 1 aromatic rings. The molecular formula is C11H17N3O2S. The first-order valence-corrected chi connectivity index (χ1v) is 6.76. The molecule has 0 saturated carbocycles. The summed E-state index contributed by atoms with van der Waals surface area (Å²) in [7, 11) is 0. The highest BCUT2D eigenvalue weighted by Gasteiger charge is 2.10. The Morgan fingerprint density at radius 1 is 1.65 bits per heavy atom. The summed E-state index contributed by atoms with van der Waals surface area (Å²) < 4.78 is 0. The summed E-state index contributed by atoms with van der Waals surface area (Å²) in [5.74, 6) is 0.561. The molecule has 0 aliphatic heterocycles. The van der Waals surface area contributed by atoms with Gasteiger partial charge in [0.05, 0.1) is 11.3 Å². The van der Waals surface area contributed by atoms with Crippen LogP contribution in [0.4, 0.5) is 5.95 Å². The van der Waals surface area contributed by atoms with Gasteiger partial charge in [-0.25, -0.2) is 14.8 Å². The van der Waals surface area contributed by atoms with Crippen LogP contribution < -0.4 is 5.32 Å². The summed E-state index contributed by atoms with van der Waals surface area (Å²) in [6, 6.07) is 0.275. The van der Waals surface area contributed by atoms with Gasteiger partial charge in [0.15, 0.2) is 0 Å². The number of carbonyl (C=O) groups is 1. The summed E-state index contributed by atoms with van der Waals surface area (Å²) in [4.78, 5) is 18.9. The second kappa shape index (κ2) is 6.44. The number of carboxylic acid groups (broad SMARTS) is 1. The van der Waals surface area contributed by atoms with Gasteiger partial charge >= 0.3 is 5.97 Å². The highest BCUT2D eigenvalue weighted by molar-refractivity contribution is 7.98. The number of aromatic carboxylic acids is 1. The molecule has 0 aliphatic rings. The van der Waals surface area contributed by atoms with E-state index < -0.39 is 5.97 Å². The Balaban J connectivity index is 2.67. The Morgan fingerprint density at radius 2 is 2.35 bits per heavy atom. The van der Waals surface area contributed by atoms with Crippen LogP contribution in [0.5, 0.6) is 0 Å². The molecular weight excluding hydrogens is 238 g/mol. The van der Waals surface area contributed by atoms with Crippen LogP contribution in [0.2, 0.25) is 0 Å². The first-order chi connectivity index (χ1) is 8.04. The Labute approximate surface area is 105 Å². The lowest BCUT2D eigenvalue weighted by molar-refractivity contribution is 0.0695. The lowest BCUT2D eigenvalue weighted by Crippen LogP contribution is -2.18. The molecule has 0 aliphatic carbocycles. The Kier molecular flexibility index (Phi) is 5.21. The minimum Gasteiger partial charge on any atom is -0.478 e. The summed E-state index contributed by atoms with van der Waals surface area (Å²) >= 11 is 1.79. The fraction of sp³-hybridized carbons (Fsp3) is 0.545. The third-order valence-corrected chi connectivity index (χ3v) is 2.98. The molecule has 0 spiro atoms. The van der Waals surface area contributed by atoms with Gasteiger partial charge in [0.25, 0.3) is 0 Å². The molecule has 0 radical (unpaired) electrons. The average molecular weight is 255 g/mol. The van der Waals surface area contributed by atoms with Crippen LogP contribution in [0.15, 0.2) is 6.20 Å². The topological polar surface area (TPSA) is 75.1 Å². The molecule has 5 nitrogen and oxygen atoms in total. The van der Waals surface area contributed by atoms with Crippen LogP contribution in [-0.4, -0.2) is 39.1 Å². The van der Waals surface area contributed by atoms with Crippen LogP contribution in [0, 0.1) is 6.92 Å². The molecule has 2 N–H and O–H groups in total. The highest BCUT2D eigenvalue weighted by Crippen LogP contribution is 2.09. The van der Waals surface area contributed by atoms with Gasteiger partial charge in [-0.3, -0.25) is 0 Å². The standard InChI is InChI=1S/C11H17N3O2S/c1-7(4-5-17-3)13-11-12-6-9(10(15)16)8(2)14-11/h6-7H,4-5H2,1-3H3,(H,15,16)(H,12,13,14). The van der Waals surface area contributed by atoms with E-state index in [4.69, 9.17) is 5.11 Å². The van der Waals surface area contributed by atoms with Crippen molar-refractivity contribution >= 4 is 23.7 Å². The lowest BCUT2D eigenvalue weighted by Gasteiger charge is -2.13. The number of anilines is 1. The summed E-state index contributed by atoms with van der Waals surface area (Å²) in [5.41, 5.74) is 0.624. The van der Waals surface area contributed by atoms with Gasteiger partial charge in [-0.2, -0.15) is 11.8 Å². The SMILES string of the molecule is CSCCC(C)Nc1ncc(C(=O)O)c(C)n1. The van der Waals surface area contributed by atoms with Crippen LogP contribution in [0.1, 0.15) is 29.4 Å². The predicted molar refractivity (Wildman–Crippen MR) is 69.8 cm³/mol. The number of thioether (sulfide) groups is 1. The van der Waals surface area contributed by atoms with Crippen molar-refractivity contribution in [2.45, 2.75) is 26.3 Å². The zero-order valence-corrected chi connectivity index (χ0v) is 11.0. The summed E-state index contributed by atoms with van der Waals surface area (Å²) in [6.07, 6.45) is 4.42. The van der Waals surface area contributed by atoms with Gasteiger partial charge in [0, 0.05) is 12.2 Å². The van der Waals surface area contributed by atoms with Crippen molar-refractivity contribution < 1.29 is 9.90 Å². The van der Waals surface area contributed by atoms with Crippen LogP contribution >= 0.6 is 11.8 Å². The maximum Gasteiger partial charge on any atom is 0.339 e. The molecule has 1 rings (SSSR count). The molecule has 0 bridgehead atoms. The van der Waals surface area contributed by atoms with E-state index in [9.17, 15) is 4.79 Å². The number of aryl methyl sites for hydroxylation is 1. The Bertz CT molecular complexity index is 398. The molecule has 17 heavy (non-hydrogen) atoms. The molecule has 1 atom stereocenters. The number of aromatic nitrogens is 2. The van der Waals surface area contributed by atoms with Gasteiger partial charge < -0.3 is 10.4 Å². The van der Waals surface area contributed by atoms with Crippen LogP contribution in [-0.2, 0) is 0 Å². The Morgan fingerprint density at radius 3 is 2.88 bits per heavy atom. The molecule has 1 aromatic heterocycles. The fourth-order valence-corrected chi connectivity index (χ4v) is 1.92. The fourth-order valence-electron chi connectivity index (χ4n) is 1.33. The monoisotopic (exact) mass is 255 g/mol. The second-order valence-electron chi connectivity index (χ2n) is 3.82. The lowest BCUT2D eigenvalue weighted by atomic mass is 10.2. The third kappa shape index (κ3) is 4.22. The van der Waals surface area contributed by atoms with Gasteiger partial charge in [0.1, 0.15) is 0 Å². The number of hydrogen-bond acceptors (Lipinski definition) is 5. The summed E-state index contributed by atoms with van der Waals surface area (Å²) in [5, 5.41) is 12.0. The van der Waals surface area contributed by atoms with Crippen molar-refractivity contribution in [2.24, 2.45) is 0 Å². The molecule has 1 heterocycles. The van der Waals surface area contributed by atoms with E-state index in [0.29, 0.717) is 11.6 Å². The van der Waals surface area contributed by atoms with E-state index in [0.717, 1.165) is 12.2 Å². The van der Waals surface area contributed by atoms with Gasteiger partial charge in [-0.1, -0.05) is 0 Å². The number of carboxylic acids is 1. The van der Waals surface area contributed by atoms with Gasteiger partial charge in [0.2, 0.25) is 5.95 Å². The maximum absolute atomic E-state index is 10.8. The van der Waals surface area contributed by atoms with E-state index in [-0.39, 0.29) is 11.6 Å². The normalized spacial score (nSPS) is 12.2. The Hall–Kier alpha value is -1.30. The zero-order chi connectivity index (χ0) is 12.8. The van der Waals surface area contributed by atoms with Crippen molar-refractivity contribution in [3.63, 3.8) is 0 Å². The van der Waals surface area contributed by atoms with Crippen molar-refractivity contribution in [3.05, 3.63) is 17.5 Å². The van der Waals surface area contributed by atoms with E-state index in [1.165, 1.54) is 6.20 Å². The molecule has 0 saturated heterocycles. The van der Waals surface area contributed by atoms with Crippen LogP contribution in [0.25, 0.3) is 0 Å². The number of nitrogens with one attached hydrogen (secondary N) is 1.